The molecule has 3 nitrogen and oxygen atoms in total. The van der Waals surface area contributed by atoms with Gasteiger partial charge in [0.25, 0.3) is 0 Å². The van der Waals surface area contributed by atoms with Gasteiger partial charge >= 0.3 is 0 Å². The summed E-state index contributed by atoms with van der Waals surface area (Å²) in [6.07, 6.45) is 1.04. The fourth-order valence-electron chi connectivity index (χ4n) is 1.73. The van der Waals surface area contributed by atoms with Gasteiger partial charge in [-0.2, -0.15) is 0 Å². The Labute approximate surface area is 131 Å². The molecule has 20 heavy (non-hydrogen) atoms. The van der Waals surface area contributed by atoms with Crippen LogP contribution in [0, 0.1) is 5.92 Å². The van der Waals surface area contributed by atoms with Crippen LogP contribution in [-0.4, -0.2) is 26.4 Å². The third kappa shape index (κ3) is 7.27. The van der Waals surface area contributed by atoms with E-state index in [-0.39, 0.29) is 0 Å². The van der Waals surface area contributed by atoms with Crippen LogP contribution in [0.25, 0.3) is 0 Å². The first-order chi connectivity index (χ1) is 9.63. The predicted octanol–water partition coefficient (Wildman–Crippen LogP) is 4.00. The molecular formula is C16H26BrNO2. The molecule has 0 saturated heterocycles. The second-order valence-electron chi connectivity index (χ2n) is 5.25. The van der Waals surface area contributed by atoms with Gasteiger partial charge in [0, 0.05) is 13.2 Å². The summed E-state index contributed by atoms with van der Waals surface area (Å²) >= 11 is 3.56. The molecule has 0 fully saturated rings. The highest BCUT2D eigenvalue weighted by Crippen LogP contribution is 2.26. The largest absolute Gasteiger partial charge is 0.490 e. The summed E-state index contributed by atoms with van der Waals surface area (Å²) in [4.78, 5) is 0. The van der Waals surface area contributed by atoms with Crippen molar-refractivity contribution in [2.24, 2.45) is 5.92 Å². The first kappa shape index (κ1) is 17.5. The molecule has 1 N–H and O–H groups in total. The van der Waals surface area contributed by atoms with Gasteiger partial charge in [0.1, 0.15) is 12.4 Å². The standard InChI is InChI=1S/C16H26BrNO2/c1-4-7-19-8-9-20-16-6-5-14(10-15(16)17)12-18-11-13(2)3/h5-6,10,13,18H,4,7-9,11-12H2,1-3H3. The van der Waals surface area contributed by atoms with E-state index in [0.717, 1.165) is 36.3 Å². The van der Waals surface area contributed by atoms with Crippen molar-refractivity contribution < 1.29 is 9.47 Å². The van der Waals surface area contributed by atoms with Crippen LogP contribution in [0.4, 0.5) is 0 Å². The van der Waals surface area contributed by atoms with E-state index in [2.05, 4.69) is 54.2 Å². The van der Waals surface area contributed by atoms with E-state index in [9.17, 15) is 0 Å². The number of nitrogens with one attached hydrogen (secondary N) is 1. The molecule has 0 aliphatic rings. The van der Waals surface area contributed by atoms with Crippen LogP contribution in [0.1, 0.15) is 32.8 Å². The van der Waals surface area contributed by atoms with Crippen LogP contribution < -0.4 is 10.1 Å². The summed E-state index contributed by atoms with van der Waals surface area (Å²) in [5.74, 6) is 1.54. The highest BCUT2D eigenvalue weighted by molar-refractivity contribution is 9.10. The van der Waals surface area contributed by atoms with Gasteiger partial charge in [0.15, 0.2) is 0 Å². The van der Waals surface area contributed by atoms with Gasteiger partial charge in [-0.3, -0.25) is 0 Å². The number of ether oxygens (including phenoxy) is 2. The molecule has 1 aromatic rings. The number of rotatable bonds is 10. The van der Waals surface area contributed by atoms with Crippen LogP contribution in [0.5, 0.6) is 5.75 Å². The molecule has 1 aromatic carbocycles. The maximum Gasteiger partial charge on any atom is 0.133 e. The Morgan fingerprint density at radius 2 is 2.00 bits per heavy atom. The topological polar surface area (TPSA) is 30.5 Å². The number of halogens is 1. The maximum absolute atomic E-state index is 5.69. The number of hydrogen-bond donors (Lipinski definition) is 1. The molecule has 0 aromatic heterocycles. The summed E-state index contributed by atoms with van der Waals surface area (Å²) in [7, 11) is 0. The zero-order valence-electron chi connectivity index (χ0n) is 12.7. The van der Waals surface area contributed by atoms with Crippen molar-refractivity contribution in [1.29, 1.82) is 0 Å². The third-order valence-corrected chi connectivity index (χ3v) is 3.33. The Bertz CT molecular complexity index is 383. The van der Waals surface area contributed by atoms with E-state index in [1.807, 2.05) is 6.07 Å². The van der Waals surface area contributed by atoms with E-state index in [1.165, 1.54) is 5.56 Å². The van der Waals surface area contributed by atoms with Crippen molar-refractivity contribution in [2.75, 3.05) is 26.4 Å². The summed E-state index contributed by atoms with van der Waals surface area (Å²) in [5.41, 5.74) is 1.26. The minimum absolute atomic E-state index is 0.587. The molecule has 0 radical (unpaired) electrons. The highest BCUT2D eigenvalue weighted by atomic mass is 79.9. The molecule has 0 aliphatic heterocycles. The maximum atomic E-state index is 5.69. The van der Waals surface area contributed by atoms with Crippen molar-refractivity contribution in [1.82, 2.24) is 5.32 Å². The molecule has 0 bridgehead atoms. The molecule has 114 valence electrons. The second kappa shape index (κ2) is 10.2. The van der Waals surface area contributed by atoms with Crippen molar-refractivity contribution in [3.63, 3.8) is 0 Å². The zero-order chi connectivity index (χ0) is 14.8. The van der Waals surface area contributed by atoms with E-state index in [4.69, 9.17) is 9.47 Å². The van der Waals surface area contributed by atoms with Crippen LogP contribution in [0.2, 0.25) is 0 Å². The Kier molecular flexibility index (Phi) is 8.90. The predicted molar refractivity (Wildman–Crippen MR) is 87.3 cm³/mol. The lowest BCUT2D eigenvalue weighted by molar-refractivity contribution is 0.100. The molecule has 0 spiro atoms. The number of hydrogen-bond acceptors (Lipinski definition) is 3. The van der Waals surface area contributed by atoms with Gasteiger partial charge in [-0.15, -0.1) is 0 Å². The van der Waals surface area contributed by atoms with Gasteiger partial charge in [-0.25, -0.2) is 0 Å². The van der Waals surface area contributed by atoms with Crippen LogP contribution in [-0.2, 0) is 11.3 Å². The molecule has 1 rings (SSSR count). The van der Waals surface area contributed by atoms with E-state index >= 15 is 0 Å². The molecule has 0 atom stereocenters. The van der Waals surface area contributed by atoms with Crippen LogP contribution in [0.3, 0.4) is 0 Å². The molecule has 0 saturated carbocycles. The van der Waals surface area contributed by atoms with Crippen LogP contribution in [0.15, 0.2) is 22.7 Å². The monoisotopic (exact) mass is 343 g/mol. The van der Waals surface area contributed by atoms with Gasteiger partial charge in [0.05, 0.1) is 11.1 Å². The molecule has 0 amide bonds. The van der Waals surface area contributed by atoms with Gasteiger partial charge < -0.3 is 14.8 Å². The third-order valence-electron chi connectivity index (χ3n) is 2.71. The summed E-state index contributed by atoms with van der Waals surface area (Å²) in [5, 5.41) is 3.43. The first-order valence-electron chi connectivity index (χ1n) is 7.33. The smallest absolute Gasteiger partial charge is 0.133 e. The Balaban J connectivity index is 2.35. The molecule has 0 unspecified atom stereocenters. The first-order valence-corrected chi connectivity index (χ1v) is 8.12. The van der Waals surface area contributed by atoms with Gasteiger partial charge in [-0.05, 0) is 52.5 Å². The quantitative estimate of drug-likeness (QED) is 0.651. The molecule has 4 heteroatoms. The van der Waals surface area contributed by atoms with E-state index < -0.39 is 0 Å². The highest BCUT2D eigenvalue weighted by Gasteiger charge is 2.03. The van der Waals surface area contributed by atoms with Crippen molar-refractivity contribution in [3.8, 4) is 5.75 Å². The number of benzene rings is 1. The van der Waals surface area contributed by atoms with Gasteiger partial charge in [0.2, 0.25) is 0 Å². The van der Waals surface area contributed by atoms with E-state index in [1.54, 1.807) is 0 Å². The van der Waals surface area contributed by atoms with Crippen molar-refractivity contribution in [2.45, 2.75) is 33.7 Å². The zero-order valence-corrected chi connectivity index (χ0v) is 14.3. The van der Waals surface area contributed by atoms with E-state index in [0.29, 0.717) is 19.1 Å². The fraction of sp³-hybridized carbons (Fsp3) is 0.625. The Hall–Kier alpha value is -0.580. The second-order valence-corrected chi connectivity index (χ2v) is 6.10. The van der Waals surface area contributed by atoms with Crippen molar-refractivity contribution in [3.05, 3.63) is 28.2 Å². The lowest BCUT2D eigenvalue weighted by atomic mass is 10.2. The Morgan fingerprint density at radius 1 is 1.20 bits per heavy atom. The summed E-state index contributed by atoms with van der Waals surface area (Å²) < 4.78 is 12.1. The summed E-state index contributed by atoms with van der Waals surface area (Å²) in [6.45, 7) is 10.5. The fourth-order valence-corrected chi connectivity index (χ4v) is 2.27. The molecule has 0 aliphatic carbocycles. The molecular weight excluding hydrogens is 318 g/mol. The van der Waals surface area contributed by atoms with Crippen LogP contribution >= 0.6 is 15.9 Å². The van der Waals surface area contributed by atoms with Gasteiger partial charge in [-0.1, -0.05) is 26.8 Å². The molecule has 0 heterocycles. The lowest BCUT2D eigenvalue weighted by Gasteiger charge is -2.11. The summed E-state index contributed by atoms with van der Waals surface area (Å²) in [6, 6.07) is 6.21. The Morgan fingerprint density at radius 3 is 2.65 bits per heavy atom. The average Bonchev–Trinajstić information content (AvgIpc) is 2.40. The minimum atomic E-state index is 0.587. The average molecular weight is 344 g/mol. The van der Waals surface area contributed by atoms with Crippen molar-refractivity contribution >= 4 is 15.9 Å². The lowest BCUT2D eigenvalue weighted by Crippen LogP contribution is -2.18. The minimum Gasteiger partial charge on any atom is -0.490 e. The SMILES string of the molecule is CCCOCCOc1ccc(CNCC(C)C)cc1Br. The normalized spacial score (nSPS) is 11.1.